The van der Waals surface area contributed by atoms with Crippen molar-refractivity contribution in [2.45, 2.75) is 50.9 Å². The molecule has 3 aliphatic heterocycles. The van der Waals surface area contributed by atoms with Crippen LogP contribution in [0.25, 0.3) is 0 Å². The zero-order valence-electron chi connectivity index (χ0n) is 15.0. The summed E-state index contributed by atoms with van der Waals surface area (Å²) < 4.78 is 35.6. The topological polar surface area (TPSA) is 86.0 Å². The average Bonchev–Trinajstić information content (AvgIpc) is 3.10. The van der Waals surface area contributed by atoms with Crippen molar-refractivity contribution in [1.29, 1.82) is 5.26 Å². The first-order valence-electron chi connectivity index (χ1n) is 8.61. The molecule has 27 heavy (non-hydrogen) atoms. The number of halogens is 2. The molecule has 0 radical (unpaired) electrons. The summed E-state index contributed by atoms with van der Waals surface area (Å²) in [5.74, 6) is -0.409. The molecular weight excluding hydrogens is 360 g/mol. The highest BCUT2D eigenvalue weighted by Crippen LogP contribution is 2.54. The number of ether oxygens (including phenoxy) is 2. The molecule has 1 aromatic carbocycles. The zero-order chi connectivity index (χ0) is 19.7. The fourth-order valence-electron chi connectivity index (χ4n) is 4.35. The molecule has 2 fully saturated rings. The van der Waals surface area contributed by atoms with Crippen LogP contribution in [0.4, 0.5) is 8.78 Å². The van der Waals surface area contributed by atoms with Gasteiger partial charge >= 0.3 is 6.29 Å². The van der Waals surface area contributed by atoms with Crippen LogP contribution in [-0.4, -0.2) is 52.5 Å². The number of rotatable bonds is 1. The Morgan fingerprint density at radius 1 is 1.33 bits per heavy atom. The van der Waals surface area contributed by atoms with Gasteiger partial charge in [-0.15, -0.1) is 8.78 Å². The van der Waals surface area contributed by atoms with Crippen LogP contribution in [0.5, 0.6) is 11.5 Å². The van der Waals surface area contributed by atoms with Crippen molar-refractivity contribution in [3.8, 4) is 17.6 Å². The summed E-state index contributed by atoms with van der Waals surface area (Å²) in [5, 5.41) is 20.6. The van der Waals surface area contributed by atoms with Crippen LogP contribution >= 0.6 is 0 Å². The van der Waals surface area contributed by atoms with Crippen LogP contribution in [-0.2, 0) is 4.79 Å². The molecule has 3 heterocycles. The molecule has 4 rings (SSSR count). The van der Waals surface area contributed by atoms with Crippen molar-refractivity contribution in [2.24, 2.45) is 5.41 Å². The van der Waals surface area contributed by atoms with E-state index < -0.39 is 36.1 Å². The Hall–Kier alpha value is -2.44. The smallest absolute Gasteiger partial charge is 0.395 e. The average molecular weight is 379 g/mol. The number of amides is 1. The minimum atomic E-state index is -3.74. The number of piperazine rings is 1. The lowest BCUT2D eigenvalue weighted by Crippen LogP contribution is -2.63. The Balaban J connectivity index is 1.79. The summed E-state index contributed by atoms with van der Waals surface area (Å²) in [4.78, 5) is 15.8. The van der Waals surface area contributed by atoms with Gasteiger partial charge in [-0.3, -0.25) is 9.69 Å². The number of nitrogens with zero attached hydrogens (tertiary/aromatic N) is 3. The normalized spacial score (nSPS) is 37.2. The molecule has 7 nitrogen and oxygen atoms in total. The Bertz CT molecular complexity index is 857. The maximum Gasteiger partial charge on any atom is 0.586 e. The molecule has 0 aliphatic carbocycles. The molecule has 9 heteroatoms. The van der Waals surface area contributed by atoms with Gasteiger partial charge in [-0.1, -0.05) is 6.07 Å². The number of nitriles is 1. The molecule has 3 aliphatic rings. The van der Waals surface area contributed by atoms with E-state index in [-0.39, 0.29) is 23.8 Å². The second kappa shape index (κ2) is 5.53. The van der Waals surface area contributed by atoms with Gasteiger partial charge in [0.1, 0.15) is 6.23 Å². The standard InChI is InChI=1S/C18H19F2N3O4/c1-9-15(24)23-11(16(25)22(9)3)7-17(2,8-21)14(23)10-4-5-12-13(6-10)27-18(19,20)26-12/h4-6,9,11,14-15,24H,7H2,1-3H3/t9-,11+,14?,15?,17-/m1/s1. The maximum atomic E-state index is 13.3. The molecule has 1 N–H and O–H groups in total. The molecule has 0 saturated carbocycles. The Kier molecular flexibility index (Phi) is 3.68. The molecule has 0 aromatic heterocycles. The Morgan fingerprint density at radius 2 is 2.00 bits per heavy atom. The number of fused-ring (bicyclic) bond motifs is 2. The molecule has 2 unspecified atom stereocenters. The van der Waals surface area contributed by atoms with Crippen molar-refractivity contribution in [1.82, 2.24) is 9.80 Å². The van der Waals surface area contributed by atoms with Gasteiger partial charge in [0.2, 0.25) is 5.91 Å². The summed E-state index contributed by atoms with van der Waals surface area (Å²) in [6, 6.07) is 4.76. The molecular formula is C18H19F2N3O4. The van der Waals surface area contributed by atoms with Crippen LogP contribution in [0, 0.1) is 16.7 Å². The first-order chi connectivity index (χ1) is 12.6. The summed E-state index contributed by atoms with van der Waals surface area (Å²) >= 11 is 0. The second-order valence-electron chi connectivity index (χ2n) is 7.58. The number of carbonyl (C=O) groups excluding carboxylic acids is 1. The number of aliphatic hydroxyl groups is 1. The predicted molar refractivity (Wildman–Crippen MR) is 87.6 cm³/mol. The van der Waals surface area contributed by atoms with Gasteiger partial charge in [-0.05, 0) is 38.0 Å². The summed E-state index contributed by atoms with van der Waals surface area (Å²) in [6.45, 7) is 3.43. The second-order valence-corrected chi connectivity index (χ2v) is 7.58. The summed E-state index contributed by atoms with van der Waals surface area (Å²) in [7, 11) is 1.62. The highest BCUT2D eigenvalue weighted by Gasteiger charge is 2.59. The van der Waals surface area contributed by atoms with E-state index in [0.717, 1.165) is 0 Å². The van der Waals surface area contributed by atoms with Crippen LogP contribution in [0.15, 0.2) is 18.2 Å². The van der Waals surface area contributed by atoms with Crippen molar-refractivity contribution < 1.29 is 28.2 Å². The van der Waals surface area contributed by atoms with Crippen LogP contribution in [0.2, 0.25) is 0 Å². The lowest BCUT2D eigenvalue weighted by atomic mass is 9.79. The zero-order valence-corrected chi connectivity index (χ0v) is 15.0. The third-order valence-corrected chi connectivity index (χ3v) is 5.86. The first kappa shape index (κ1) is 17.9. The van der Waals surface area contributed by atoms with E-state index in [1.54, 1.807) is 31.9 Å². The lowest BCUT2D eigenvalue weighted by molar-refractivity contribution is -0.286. The fourth-order valence-corrected chi connectivity index (χ4v) is 4.35. The molecule has 5 atom stereocenters. The summed E-state index contributed by atoms with van der Waals surface area (Å²) in [5.41, 5.74) is -0.493. The third kappa shape index (κ3) is 2.47. The first-order valence-corrected chi connectivity index (χ1v) is 8.61. The lowest BCUT2D eigenvalue weighted by Gasteiger charge is -2.46. The number of hydrogen-bond acceptors (Lipinski definition) is 6. The van der Waals surface area contributed by atoms with Crippen LogP contribution in [0.3, 0.4) is 0 Å². The van der Waals surface area contributed by atoms with E-state index in [1.165, 1.54) is 17.0 Å². The number of alkyl halides is 2. The molecule has 0 bridgehead atoms. The Morgan fingerprint density at radius 3 is 2.67 bits per heavy atom. The molecule has 144 valence electrons. The number of likely N-dealkylation sites (N-methyl/N-ethyl adjacent to an activating group) is 1. The van der Waals surface area contributed by atoms with Crippen molar-refractivity contribution in [3.05, 3.63) is 23.8 Å². The molecule has 1 aromatic rings. The number of hydrogen-bond donors (Lipinski definition) is 1. The van der Waals surface area contributed by atoms with Crippen molar-refractivity contribution in [2.75, 3.05) is 7.05 Å². The molecule has 1 amide bonds. The Labute approximate surface area is 154 Å². The SMILES string of the molecule is C[C@@H]1C(O)N2C(c3ccc4c(c3)OC(F)(F)O4)[C@@](C)(C#N)C[C@H]2C(=O)N1C. The van der Waals surface area contributed by atoms with Crippen LogP contribution < -0.4 is 9.47 Å². The van der Waals surface area contributed by atoms with Crippen molar-refractivity contribution in [3.63, 3.8) is 0 Å². The van der Waals surface area contributed by atoms with E-state index >= 15 is 0 Å². The quantitative estimate of drug-likeness (QED) is 0.801. The predicted octanol–water partition coefficient (Wildman–Crippen LogP) is 1.83. The van der Waals surface area contributed by atoms with Gasteiger partial charge in [-0.25, -0.2) is 0 Å². The van der Waals surface area contributed by atoms with E-state index in [4.69, 9.17) is 0 Å². The highest BCUT2D eigenvalue weighted by atomic mass is 19.3. The fraction of sp³-hybridized carbons (Fsp3) is 0.556. The van der Waals surface area contributed by atoms with E-state index in [1.807, 2.05) is 0 Å². The minimum absolute atomic E-state index is 0.0969. The maximum absolute atomic E-state index is 13.3. The monoisotopic (exact) mass is 379 g/mol. The van der Waals surface area contributed by atoms with Crippen LogP contribution in [0.1, 0.15) is 31.9 Å². The van der Waals surface area contributed by atoms with Crippen molar-refractivity contribution >= 4 is 5.91 Å². The van der Waals surface area contributed by atoms with Gasteiger partial charge in [-0.2, -0.15) is 5.26 Å². The largest absolute Gasteiger partial charge is 0.586 e. The molecule has 0 spiro atoms. The minimum Gasteiger partial charge on any atom is -0.395 e. The highest BCUT2D eigenvalue weighted by molar-refractivity contribution is 5.83. The van der Waals surface area contributed by atoms with Gasteiger partial charge in [0.05, 0.1) is 29.6 Å². The third-order valence-electron chi connectivity index (χ3n) is 5.86. The van der Waals surface area contributed by atoms with Gasteiger partial charge in [0.15, 0.2) is 11.5 Å². The number of benzene rings is 1. The van der Waals surface area contributed by atoms with Gasteiger partial charge in [0, 0.05) is 7.05 Å². The molecule has 2 saturated heterocycles. The van der Waals surface area contributed by atoms with Gasteiger partial charge < -0.3 is 19.5 Å². The van der Waals surface area contributed by atoms with Gasteiger partial charge in [0.25, 0.3) is 0 Å². The summed E-state index contributed by atoms with van der Waals surface area (Å²) in [6.07, 6.45) is -4.51. The number of carbonyl (C=O) groups is 1. The number of aliphatic hydroxyl groups excluding tert-OH is 1. The van der Waals surface area contributed by atoms with E-state index in [0.29, 0.717) is 5.56 Å². The van der Waals surface area contributed by atoms with E-state index in [9.17, 15) is 23.9 Å². The van der Waals surface area contributed by atoms with E-state index in [2.05, 4.69) is 15.5 Å².